The summed E-state index contributed by atoms with van der Waals surface area (Å²) in [7, 11) is 0. The third-order valence-electron chi connectivity index (χ3n) is 1.92. The van der Waals surface area contributed by atoms with Crippen molar-refractivity contribution in [2.75, 3.05) is 0 Å². The summed E-state index contributed by atoms with van der Waals surface area (Å²) in [6, 6.07) is 0. The van der Waals surface area contributed by atoms with E-state index in [4.69, 9.17) is 0 Å². The quantitative estimate of drug-likeness (QED) is 0.438. The number of hydrogen-bond acceptors (Lipinski definition) is 0. The Kier molecular flexibility index (Phi) is 10.1. The molecule has 0 unspecified atom stereocenters. The smallest absolute Gasteiger partial charge is 0 e. The van der Waals surface area contributed by atoms with E-state index in [1.54, 1.807) is 0 Å². The number of hydrogen-bond donors (Lipinski definition) is 0. The number of allylic oxidation sites excluding steroid dienone is 8. The van der Waals surface area contributed by atoms with Crippen LogP contribution in [0.5, 0.6) is 0 Å². The van der Waals surface area contributed by atoms with Crippen molar-refractivity contribution in [3.05, 3.63) is 48.6 Å². The van der Waals surface area contributed by atoms with E-state index in [9.17, 15) is 0 Å². The summed E-state index contributed by atoms with van der Waals surface area (Å²) in [5.41, 5.74) is 0. The maximum absolute atomic E-state index is 2.99. The van der Waals surface area contributed by atoms with Crippen LogP contribution in [0.25, 0.3) is 0 Å². The van der Waals surface area contributed by atoms with Gasteiger partial charge in [0.1, 0.15) is 0 Å². The van der Waals surface area contributed by atoms with Gasteiger partial charge in [-0.1, -0.05) is 24.3 Å². The summed E-state index contributed by atoms with van der Waals surface area (Å²) in [6.07, 6.45) is 24.0. The second-order valence-corrected chi connectivity index (χ2v) is 3.10. The summed E-state index contributed by atoms with van der Waals surface area (Å²) in [4.78, 5) is 0. The van der Waals surface area contributed by atoms with E-state index in [0.717, 1.165) is 6.42 Å². The Morgan fingerprint density at radius 1 is 0.714 bits per heavy atom. The third-order valence-corrected chi connectivity index (χ3v) is 1.92. The first-order chi connectivity index (χ1) is 6.50. The molecule has 0 aromatic heterocycles. The van der Waals surface area contributed by atoms with Crippen LogP contribution in [0.15, 0.2) is 42.5 Å². The molecule has 0 fully saturated rings. The molecule has 2 aliphatic rings. The van der Waals surface area contributed by atoms with Gasteiger partial charge in [0.2, 0.25) is 0 Å². The topological polar surface area (TPSA) is 0 Å². The standard InChI is InChI=1S/C8H12.C5H5.Co/c1-2-4-6-8-7-5-3-1;1-2-4-5-3-1;/h1-2,7-8H,3-6H2;1-3H,4H2;/q;-1;/b2-1-,8-7?;;. The zero-order valence-electron chi connectivity index (χ0n) is 8.41. The van der Waals surface area contributed by atoms with Gasteiger partial charge in [0.15, 0.2) is 0 Å². The molecule has 0 heterocycles. The zero-order chi connectivity index (χ0) is 9.19. The van der Waals surface area contributed by atoms with Crippen molar-refractivity contribution < 1.29 is 16.8 Å². The molecule has 0 atom stereocenters. The van der Waals surface area contributed by atoms with E-state index < -0.39 is 0 Å². The maximum Gasteiger partial charge on any atom is 0 e. The molecule has 2 aliphatic carbocycles. The van der Waals surface area contributed by atoms with Crippen LogP contribution in [0.4, 0.5) is 0 Å². The normalized spacial score (nSPS) is 20.0. The molecule has 1 heteroatoms. The Hall–Kier alpha value is -0.534. The van der Waals surface area contributed by atoms with Crippen LogP contribution in [0.1, 0.15) is 32.1 Å². The third kappa shape index (κ3) is 8.08. The fourth-order valence-electron chi connectivity index (χ4n) is 1.20. The van der Waals surface area contributed by atoms with Crippen molar-refractivity contribution in [2.24, 2.45) is 0 Å². The van der Waals surface area contributed by atoms with Crippen LogP contribution in [-0.4, -0.2) is 0 Å². The number of rotatable bonds is 0. The van der Waals surface area contributed by atoms with Gasteiger partial charge in [0, 0.05) is 16.8 Å². The SMILES string of the molecule is C1=CCC/C=C\CC1.[C-]1=CC=CC1.[Co]. The summed E-state index contributed by atoms with van der Waals surface area (Å²) >= 11 is 0. The molecule has 0 spiro atoms. The van der Waals surface area contributed by atoms with Crippen molar-refractivity contribution in [3.8, 4) is 0 Å². The first-order valence-electron chi connectivity index (χ1n) is 5.02. The Balaban J connectivity index is 0.000000246. The van der Waals surface area contributed by atoms with Crippen LogP contribution < -0.4 is 0 Å². The van der Waals surface area contributed by atoms with E-state index in [2.05, 4.69) is 36.5 Å². The molecule has 0 N–H and O–H groups in total. The summed E-state index contributed by atoms with van der Waals surface area (Å²) < 4.78 is 0. The second-order valence-electron chi connectivity index (χ2n) is 3.10. The Labute approximate surface area is 97.7 Å². The molecule has 0 nitrogen and oxygen atoms in total. The zero-order valence-corrected chi connectivity index (χ0v) is 9.45. The molecule has 0 aromatic carbocycles. The van der Waals surface area contributed by atoms with E-state index in [-0.39, 0.29) is 16.8 Å². The monoisotopic (exact) mass is 232 g/mol. The predicted molar refractivity (Wildman–Crippen MR) is 58.3 cm³/mol. The first kappa shape index (κ1) is 13.5. The molecule has 0 amide bonds. The molecule has 2 rings (SSSR count). The summed E-state index contributed by atoms with van der Waals surface area (Å²) in [5, 5.41) is 0. The van der Waals surface area contributed by atoms with Gasteiger partial charge in [0.25, 0.3) is 0 Å². The predicted octanol–water partition coefficient (Wildman–Crippen LogP) is 3.98. The van der Waals surface area contributed by atoms with Gasteiger partial charge in [-0.3, -0.25) is 6.08 Å². The molecular weight excluding hydrogens is 215 g/mol. The fraction of sp³-hybridized carbons (Fsp3) is 0.385. The molecule has 79 valence electrons. The van der Waals surface area contributed by atoms with Gasteiger partial charge in [-0.25, -0.2) is 12.2 Å². The Morgan fingerprint density at radius 3 is 1.43 bits per heavy atom. The Bertz CT molecular complexity index is 185. The summed E-state index contributed by atoms with van der Waals surface area (Å²) in [5.74, 6) is 0. The second kappa shape index (κ2) is 10.5. The molecule has 1 radical (unpaired) electrons. The van der Waals surface area contributed by atoms with Crippen molar-refractivity contribution in [1.82, 2.24) is 0 Å². The van der Waals surface area contributed by atoms with Crippen LogP contribution in [0, 0.1) is 6.08 Å². The first-order valence-corrected chi connectivity index (χ1v) is 5.02. The van der Waals surface area contributed by atoms with Gasteiger partial charge in [-0.2, -0.15) is 6.08 Å². The van der Waals surface area contributed by atoms with Gasteiger partial charge in [-0.05, 0) is 25.7 Å². The van der Waals surface area contributed by atoms with Gasteiger partial charge < -0.3 is 0 Å². The minimum atomic E-state index is 0. The van der Waals surface area contributed by atoms with Crippen LogP contribution in [0.3, 0.4) is 0 Å². The van der Waals surface area contributed by atoms with Crippen molar-refractivity contribution in [1.29, 1.82) is 0 Å². The minimum absolute atomic E-state index is 0. The van der Waals surface area contributed by atoms with Gasteiger partial charge >= 0.3 is 0 Å². The van der Waals surface area contributed by atoms with Gasteiger partial charge in [-0.15, -0.1) is 6.42 Å². The van der Waals surface area contributed by atoms with Gasteiger partial charge in [0.05, 0.1) is 0 Å². The average molecular weight is 232 g/mol. The van der Waals surface area contributed by atoms with Crippen molar-refractivity contribution in [2.45, 2.75) is 32.1 Å². The Morgan fingerprint density at radius 2 is 1.21 bits per heavy atom. The fourth-order valence-corrected chi connectivity index (χ4v) is 1.20. The molecule has 0 saturated heterocycles. The van der Waals surface area contributed by atoms with Crippen LogP contribution in [0.2, 0.25) is 0 Å². The summed E-state index contributed by atoms with van der Waals surface area (Å²) in [6.45, 7) is 0. The molecular formula is C13H17Co-. The largest absolute Gasteiger partial charge is 0.273 e. The van der Waals surface area contributed by atoms with Crippen LogP contribution >= 0.6 is 0 Å². The van der Waals surface area contributed by atoms with Crippen molar-refractivity contribution in [3.63, 3.8) is 0 Å². The molecule has 0 aliphatic heterocycles. The van der Waals surface area contributed by atoms with E-state index in [0.29, 0.717) is 0 Å². The maximum atomic E-state index is 2.99. The van der Waals surface area contributed by atoms with Crippen LogP contribution in [-0.2, 0) is 16.8 Å². The molecule has 0 saturated carbocycles. The van der Waals surface area contributed by atoms with E-state index in [1.165, 1.54) is 25.7 Å². The van der Waals surface area contributed by atoms with E-state index >= 15 is 0 Å². The molecule has 0 aromatic rings. The molecule has 14 heavy (non-hydrogen) atoms. The molecule has 0 bridgehead atoms. The van der Waals surface area contributed by atoms with E-state index in [1.807, 2.05) is 12.2 Å². The minimum Gasteiger partial charge on any atom is -0.273 e. The average Bonchev–Trinajstić information content (AvgIpc) is 2.58. The van der Waals surface area contributed by atoms with Crippen molar-refractivity contribution >= 4 is 0 Å².